The molecule has 1 amide bonds. The number of benzene rings is 2. The number of aromatic nitrogens is 1. The van der Waals surface area contributed by atoms with Gasteiger partial charge in [-0.1, -0.05) is 17.7 Å². The van der Waals surface area contributed by atoms with Crippen LogP contribution in [0, 0.1) is 5.82 Å². The Balaban J connectivity index is 1.94. The first-order valence-electron chi connectivity index (χ1n) is 9.00. The van der Waals surface area contributed by atoms with Gasteiger partial charge in [-0.2, -0.15) is 26.3 Å². The van der Waals surface area contributed by atoms with Gasteiger partial charge in [-0.25, -0.2) is 4.39 Å². The van der Waals surface area contributed by atoms with Gasteiger partial charge in [-0.15, -0.1) is 0 Å². The molecular weight excluding hydrogens is 481 g/mol. The Morgan fingerprint density at radius 2 is 1.55 bits per heavy atom. The highest BCUT2D eigenvalue weighted by Gasteiger charge is 2.37. The molecule has 3 aromatic rings. The number of carbonyl (C=O) groups excluding carboxylic acids is 1. The number of nitrogens with one attached hydrogen (secondary N) is 1. The number of nitrogens with zero attached hydrogens (tertiary/aromatic N) is 1. The summed E-state index contributed by atoms with van der Waals surface area (Å²) in [6.45, 7) is -0.368. The first-order chi connectivity index (χ1) is 15.3. The van der Waals surface area contributed by atoms with Crippen molar-refractivity contribution in [1.82, 2.24) is 4.57 Å². The lowest BCUT2D eigenvalue weighted by Gasteiger charge is -2.15. The molecule has 1 aromatic heterocycles. The zero-order chi connectivity index (χ0) is 24.6. The average molecular weight is 493 g/mol. The van der Waals surface area contributed by atoms with E-state index in [1.165, 1.54) is 12.1 Å². The van der Waals surface area contributed by atoms with E-state index in [0.29, 0.717) is 12.1 Å². The molecule has 0 atom stereocenters. The fraction of sp³-hybridized carbons (Fsp3) is 0.143. The summed E-state index contributed by atoms with van der Waals surface area (Å²) in [4.78, 5) is 24.6. The van der Waals surface area contributed by atoms with Crippen molar-refractivity contribution < 1.29 is 35.5 Å². The lowest BCUT2D eigenvalue weighted by molar-refractivity contribution is -0.143. The third-order valence-electron chi connectivity index (χ3n) is 4.48. The van der Waals surface area contributed by atoms with Crippen molar-refractivity contribution in [2.75, 3.05) is 5.32 Å². The number of anilines is 1. The molecule has 0 fully saturated rings. The molecule has 3 rings (SSSR count). The second-order valence-corrected chi connectivity index (χ2v) is 7.24. The second-order valence-electron chi connectivity index (χ2n) is 6.83. The van der Waals surface area contributed by atoms with Crippen LogP contribution in [0.2, 0.25) is 5.02 Å². The average Bonchev–Trinajstić information content (AvgIpc) is 2.70. The van der Waals surface area contributed by atoms with Crippen molar-refractivity contribution in [3.05, 3.63) is 98.2 Å². The van der Waals surface area contributed by atoms with Crippen molar-refractivity contribution in [1.29, 1.82) is 0 Å². The van der Waals surface area contributed by atoms with Crippen LogP contribution in [0.5, 0.6) is 0 Å². The summed E-state index contributed by atoms with van der Waals surface area (Å²) >= 11 is 5.93. The van der Waals surface area contributed by atoms with E-state index in [0.717, 1.165) is 29.0 Å². The lowest BCUT2D eigenvalue weighted by atomic mass is 10.1. The van der Waals surface area contributed by atoms with Crippen molar-refractivity contribution in [3.63, 3.8) is 0 Å². The van der Waals surface area contributed by atoms with E-state index in [2.05, 4.69) is 0 Å². The Labute approximate surface area is 186 Å². The maximum Gasteiger partial charge on any atom is 0.416 e. The minimum absolute atomic E-state index is 0.0143. The maximum atomic E-state index is 14.0. The van der Waals surface area contributed by atoms with Gasteiger partial charge in [0.1, 0.15) is 5.82 Å². The third-order valence-corrected chi connectivity index (χ3v) is 4.84. The second kappa shape index (κ2) is 8.89. The molecule has 1 N–H and O–H groups in total. The summed E-state index contributed by atoms with van der Waals surface area (Å²) in [5.41, 5.74) is -4.93. The SMILES string of the molecule is O=C(Nc1cc(C(F)(F)F)cc(C(F)(F)F)c1)c1ccc(=O)n(Cc2c(F)cccc2Cl)c1. The molecule has 12 heteroatoms. The quantitative estimate of drug-likeness (QED) is 0.456. The van der Waals surface area contributed by atoms with Gasteiger partial charge in [-0.05, 0) is 36.4 Å². The van der Waals surface area contributed by atoms with Gasteiger partial charge in [0, 0.05) is 28.5 Å². The maximum absolute atomic E-state index is 14.0. The number of hydrogen-bond acceptors (Lipinski definition) is 2. The molecule has 174 valence electrons. The highest BCUT2D eigenvalue weighted by Crippen LogP contribution is 2.37. The van der Waals surface area contributed by atoms with Gasteiger partial charge in [0.05, 0.1) is 23.2 Å². The minimum Gasteiger partial charge on any atom is -0.322 e. The number of hydrogen-bond donors (Lipinski definition) is 1. The molecule has 0 spiro atoms. The van der Waals surface area contributed by atoms with Crippen LogP contribution >= 0.6 is 11.6 Å². The van der Waals surface area contributed by atoms with Crippen molar-refractivity contribution in [2.24, 2.45) is 0 Å². The van der Waals surface area contributed by atoms with E-state index in [4.69, 9.17) is 11.6 Å². The summed E-state index contributed by atoms with van der Waals surface area (Å²) in [6.07, 6.45) is -9.20. The smallest absolute Gasteiger partial charge is 0.322 e. The van der Waals surface area contributed by atoms with Crippen LogP contribution in [0.15, 0.2) is 59.5 Å². The molecule has 0 saturated carbocycles. The fourth-order valence-corrected chi connectivity index (χ4v) is 3.10. The summed E-state index contributed by atoms with van der Waals surface area (Å²) in [5, 5.41) is 1.98. The van der Waals surface area contributed by atoms with E-state index < -0.39 is 46.5 Å². The molecule has 2 aromatic carbocycles. The van der Waals surface area contributed by atoms with Gasteiger partial charge >= 0.3 is 12.4 Å². The van der Waals surface area contributed by atoms with Gasteiger partial charge < -0.3 is 9.88 Å². The standard InChI is InChI=1S/C21H12ClF7N2O2/c22-16-2-1-3-17(23)15(16)10-31-9-11(4-5-18(31)32)19(33)30-14-7-12(20(24,25)26)6-13(8-14)21(27,28)29/h1-9H,10H2,(H,30,33). The molecule has 4 nitrogen and oxygen atoms in total. The van der Waals surface area contributed by atoms with Crippen LogP contribution in [0.25, 0.3) is 0 Å². The fourth-order valence-electron chi connectivity index (χ4n) is 2.87. The highest BCUT2D eigenvalue weighted by molar-refractivity contribution is 6.31. The van der Waals surface area contributed by atoms with Gasteiger partial charge in [0.2, 0.25) is 0 Å². The molecular formula is C21H12ClF7N2O2. The zero-order valence-electron chi connectivity index (χ0n) is 16.2. The summed E-state index contributed by atoms with van der Waals surface area (Å²) in [6, 6.07) is 6.42. The monoisotopic (exact) mass is 492 g/mol. The Morgan fingerprint density at radius 3 is 2.09 bits per heavy atom. The van der Waals surface area contributed by atoms with E-state index in [9.17, 15) is 40.3 Å². The normalized spacial score (nSPS) is 12.0. The minimum atomic E-state index is -5.09. The number of alkyl halides is 6. The van der Waals surface area contributed by atoms with E-state index in [-0.39, 0.29) is 28.8 Å². The molecule has 0 unspecified atom stereocenters. The van der Waals surface area contributed by atoms with Crippen LogP contribution in [0.3, 0.4) is 0 Å². The Bertz CT molecular complexity index is 1210. The predicted octanol–water partition coefficient (Wildman–Crippen LogP) is 5.98. The van der Waals surface area contributed by atoms with Gasteiger partial charge in [-0.3, -0.25) is 9.59 Å². The largest absolute Gasteiger partial charge is 0.416 e. The molecule has 0 aliphatic heterocycles. The lowest BCUT2D eigenvalue weighted by Crippen LogP contribution is -2.23. The van der Waals surface area contributed by atoms with Crippen LogP contribution in [0.1, 0.15) is 27.0 Å². The third kappa shape index (κ3) is 5.72. The highest BCUT2D eigenvalue weighted by atomic mass is 35.5. The van der Waals surface area contributed by atoms with Gasteiger partial charge in [0.15, 0.2) is 0 Å². The van der Waals surface area contributed by atoms with Crippen molar-refractivity contribution in [2.45, 2.75) is 18.9 Å². The van der Waals surface area contributed by atoms with Crippen LogP contribution in [-0.2, 0) is 18.9 Å². The van der Waals surface area contributed by atoms with E-state index in [1.807, 2.05) is 5.32 Å². The van der Waals surface area contributed by atoms with E-state index in [1.54, 1.807) is 0 Å². The Kier molecular flexibility index (Phi) is 6.55. The van der Waals surface area contributed by atoms with Crippen LogP contribution in [-0.4, -0.2) is 10.5 Å². The number of carbonyl (C=O) groups is 1. The molecule has 0 aliphatic carbocycles. The number of amides is 1. The van der Waals surface area contributed by atoms with Crippen LogP contribution < -0.4 is 10.9 Å². The van der Waals surface area contributed by atoms with Gasteiger partial charge in [0.25, 0.3) is 11.5 Å². The molecule has 0 aliphatic rings. The summed E-state index contributed by atoms with van der Waals surface area (Å²) in [7, 11) is 0. The summed E-state index contributed by atoms with van der Waals surface area (Å²) < 4.78 is 93.0. The molecule has 0 bridgehead atoms. The summed E-state index contributed by atoms with van der Waals surface area (Å²) in [5.74, 6) is -1.80. The Hall–Kier alpha value is -3.34. The van der Waals surface area contributed by atoms with Crippen molar-refractivity contribution >= 4 is 23.2 Å². The van der Waals surface area contributed by atoms with Crippen molar-refractivity contribution in [3.8, 4) is 0 Å². The number of rotatable bonds is 4. The first-order valence-corrected chi connectivity index (χ1v) is 9.38. The zero-order valence-corrected chi connectivity index (χ0v) is 16.9. The molecule has 1 heterocycles. The van der Waals surface area contributed by atoms with E-state index >= 15 is 0 Å². The molecule has 0 saturated heterocycles. The molecule has 33 heavy (non-hydrogen) atoms. The van der Waals surface area contributed by atoms with Crippen LogP contribution in [0.4, 0.5) is 36.4 Å². The predicted molar refractivity (Wildman–Crippen MR) is 106 cm³/mol. The Morgan fingerprint density at radius 1 is 0.939 bits per heavy atom. The molecule has 0 radical (unpaired) electrons. The topological polar surface area (TPSA) is 51.1 Å². The number of halogens is 8. The first kappa shape index (κ1) is 24.3. The number of pyridine rings is 1.